The fourth-order valence-corrected chi connectivity index (χ4v) is 1.79. The lowest BCUT2D eigenvalue weighted by Gasteiger charge is -2.10. The predicted octanol–water partition coefficient (Wildman–Crippen LogP) is 3.08. The lowest BCUT2D eigenvalue weighted by molar-refractivity contribution is 0.0697. The number of aromatic carboxylic acids is 1. The summed E-state index contributed by atoms with van der Waals surface area (Å²) in [6.45, 7) is 1.65. The molecule has 0 aliphatic rings. The van der Waals surface area contributed by atoms with Gasteiger partial charge in [-0.1, -0.05) is 0 Å². The van der Waals surface area contributed by atoms with E-state index in [-0.39, 0.29) is 28.3 Å². The minimum Gasteiger partial charge on any atom is -0.478 e. The van der Waals surface area contributed by atoms with Crippen molar-refractivity contribution >= 4 is 11.7 Å². The van der Waals surface area contributed by atoms with Gasteiger partial charge in [0.15, 0.2) is 0 Å². The van der Waals surface area contributed by atoms with E-state index in [4.69, 9.17) is 20.8 Å². The number of hydrogen-bond acceptors (Lipinski definition) is 4. The van der Waals surface area contributed by atoms with Gasteiger partial charge in [0.1, 0.15) is 23.4 Å². The molecule has 0 saturated heterocycles. The highest BCUT2D eigenvalue weighted by Crippen LogP contribution is 2.29. The molecule has 0 fully saturated rings. The van der Waals surface area contributed by atoms with E-state index in [2.05, 4.69) is 0 Å². The van der Waals surface area contributed by atoms with Crippen molar-refractivity contribution in [1.29, 1.82) is 5.26 Å². The van der Waals surface area contributed by atoms with Gasteiger partial charge < -0.3 is 15.6 Å². The van der Waals surface area contributed by atoms with Gasteiger partial charge in [0.2, 0.25) is 0 Å². The number of nitrogens with zero attached hydrogens (tertiary/aromatic N) is 1. The molecular formula is C15H11FN2O3. The van der Waals surface area contributed by atoms with Crippen LogP contribution in [0.3, 0.4) is 0 Å². The molecule has 0 aliphatic heterocycles. The molecule has 5 nitrogen and oxygen atoms in total. The van der Waals surface area contributed by atoms with Crippen LogP contribution in [-0.2, 0) is 0 Å². The maximum Gasteiger partial charge on any atom is 0.337 e. The van der Waals surface area contributed by atoms with Gasteiger partial charge in [-0.2, -0.15) is 5.26 Å². The highest BCUT2D eigenvalue weighted by Gasteiger charge is 2.13. The van der Waals surface area contributed by atoms with Gasteiger partial charge in [0.05, 0.1) is 11.1 Å². The number of anilines is 1. The molecule has 0 heterocycles. The van der Waals surface area contributed by atoms with E-state index in [9.17, 15) is 9.18 Å². The van der Waals surface area contributed by atoms with Crippen molar-refractivity contribution in [1.82, 2.24) is 0 Å². The molecule has 2 rings (SSSR count). The van der Waals surface area contributed by atoms with Crippen molar-refractivity contribution < 1.29 is 19.0 Å². The van der Waals surface area contributed by atoms with Crippen molar-refractivity contribution in [2.24, 2.45) is 0 Å². The Hall–Kier alpha value is -3.07. The number of nitrogens with two attached hydrogens (primary N) is 1. The summed E-state index contributed by atoms with van der Waals surface area (Å²) in [5.41, 5.74) is 6.19. The lowest BCUT2D eigenvalue weighted by Crippen LogP contribution is -2.04. The molecule has 2 aromatic carbocycles. The molecule has 0 amide bonds. The number of carboxylic acid groups (broad SMARTS) is 1. The van der Waals surface area contributed by atoms with Gasteiger partial charge in [-0.15, -0.1) is 0 Å². The number of nitrogen functional groups attached to an aromatic ring is 1. The topological polar surface area (TPSA) is 96.3 Å². The molecular weight excluding hydrogens is 275 g/mol. The summed E-state index contributed by atoms with van der Waals surface area (Å²) in [4.78, 5) is 11.1. The Kier molecular flexibility index (Phi) is 3.76. The largest absolute Gasteiger partial charge is 0.478 e. The van der Waals surface area contributed by atoms with E-state index in [1.807, 2.05) is 0 Å². The van der Waals surface area contributed by atoms with Crippen LogP contribution < -0.4 is 10.5 Å². The Labute approximate surface area is 120 Å². The number of hydrogen-bond donors (Lipinski definition) is 2. The number of aryl methyl sites for hydroxylation is 1. The van der Waals surface area contributed by atoms with Crippen LogP contribution in [0.1, 0.15) is 21.5 Å². The Morgan fingerprint density at radius 3 is 2.62 bits per heavy atom. The van der Waals surface area contributed by atoms with Crippen molar-refractivity contribution in [3.8, 4) is 17.6 Å². The second kappa shape index (κ2) is 5.51. The monoisotopic (exact) mass is 286 g/mol. The van der Waals surface area contributed by atoms with Gasteiger partial charge in [0, 0.05) is 11.8 Å². The number of benzene rings is 2. The third-order valence-electron chi connectivity index (χ3n) is 2.89. The van der Waals surface area contributed by atoms with E-state index in [0.717, 1.165) is 6.07 Å². The molecule has 0 atom stereocenters. The van der Waals surface area contributed by atoms with Gasteiger partial charge >= 0.3 is 5.97 Å². The summed E-state index contributed by atoms with van der Waals surface area (Å²) in [6, 6.07) is 8.29. The van der Waals surface area contributed by atoms with E-state index >= 15 is 0 Å². The minimum atomic E-state index is -1.17. The Bertz CT molecular complexity index is 766. The number of halogens is 1. The van der Waals surface area contributed by atoms with Crippen LogP contribution in [0.2, 0.25) is 0 Å². The first-order valence-corrected chi connectivity index (χ1v) is 5.93. The fourth-order valence-electron chi connectivity index (χ4n) is 1.79. The van der Waals surface area contributed by atoms with Crippen LogP contribution in [0.4, 0.5) is 10.1 Å². The molecule has 0 unspecified atom stereocenters. The molecule has 106 valence electrons. The zero-order valence-electron chi connectivity index (χ0n) is 11.1. The van der Waals surface area contributed by atoms with Crippen LogP contribution in [0.15, 0.2) is 30.3 Å². The van der Waals surface area contributed by atoms with Crippen LogP contribution in [0.25, 0.3) is 0 Å². The Morgan fingerprint density at radius 1 is 1.33 bits per heavy atom. The van der Waals surface area contributed by atoms with E-state index in [1.165, 1.54) is 18.2 Å². The van der Waals surface area contributed by atoms with Gasteiger partial charge in [-0.25, -0.2) is 9.18 Å². The second-order valence-corrected chi connectivity index (χ2v) is 4.36. The van der Waals surface area contributed by atoms with Gasteiger partial charge in [-0.05, 0) is 36.8 Å². The quantitative estimate of drug-likeness (QED) is 0.845. The molecule has 0 spiro atoms. The zero-order chi connectivity index (χ0) is 15.6. The van der Waals surface area contributed by atoms with E-state index in [1.54, 1.807) is 19.1 Å². The standard InChI is InChI=1S/C15H11FN2O3/c1-8-4-11(5-12(14(8)18)15(19)20)21-10-3-2-9(7-17)13(16)6-10/h2-6H,18H2,1H3,(H,19,20). The van der Waals surface area contributed by atoms with Crippen molar-refractivity contribution in [3.05, 3.63) is 52.8 Å². The number of carbonyl (C=O) groups is 1. The zero-order valence-corrected chi connectivity index (χ0v) is 11.1. The molecule has 2 aromatic rings. The maximum absolute atomic E-state index is 13.5. The molecule has 21 heavy (non-hydrogen) atoms. The van der Waals surface area contributed by atoms with Crippen LogP contribution in [0.5, 0.6) is 11.5 Å². The number of nitriles is 1. The smallest absolute Gasteiger partial charge is 0.337 e. The maximum atomic E-state index is 13.5. The van der Waals surface area contributed by atoms with Crippen LogP contribution in [-0.4, -0.2) is 11.1 Å². The highest BCUT2D eigenvalue weighted by molar-refractivity contribution is 5.95. The highest BCUT2D eigenvalue weighted by atomic mass is 19.1. The molecule has 0 aliphatic carbocycles. The normalized spacial score (nSPS) is 9.95. The summed E-state index contributed by atoms with van der Waals surface area (Å²) in [7, 11) is 0. The number of ether oxygens (including phenoxy) is 1. The molecule has 0 bridgehead atoms. The Balaban J connectivity index is 2.38. The summed E-state index contributed by atoms with van der Waals surface area (Å²) >= 11 is 0. The third-order valence-corrected chi connectivity index (χ3v) is 2.89. The minimum absolute atomic E-state index is 0.0842. The molecule has 0 aromatic heterocycles. The molecule has 3 N–H and O–H groups in total. The lowest BCUT2D eigenvalue weighted by atomic mass is 10.1. The summed E-state index contributed by atoms with van der Waals surface area (Å²) in [5, 5.41) is 17.7. The van der Waals surface area contributed by atoms with E-state index < -0.39 is 11.8 Å². The van der Waals surface area contributed by atoms with Crippen LogP contribution in [0, 0.1) is 24.1 Å². The first-order valence-electron chi connectivity index (χ1n) is 5.93. The average molecular weight is 286 g/mol. The number of carboxylic acids is 1. The summed E-state index contributed by atoms with van der Waals surface area (Å²) in [6.07, 6.45) is 0. The van der Waals surface area contributed by atoms with E-state index in [0.29, 0.717) is 5.56 Å². The molecule has 0 saturated carbocycles. The Morgan fingerprint density at radius 2 is 2.05 bits per heavy atom. The number of rotatable bonds is 3. The summed E-state index contributed by atoms with van der Waals surface area (Å²) < 4.78 is 18.9. The second-order valence-electron chi connectivity index (χ2n) is 4.36. The van der Waals surface area contributed by atoms with Crippen molar-refractivity contribution in [2.45, 2.75) is 6.92 Å². The third kappa shape index (κ3) is 2.92. The van der Waals surface area contributed by atoms with Gasteiger partial charge in [-0.3, -0.25) is 0 Å². The SMILES string of the molecule is Cc1cc(Oc2ccc(C#N)c(F)c2)cc(C(=O)O)c1N. The first kappa shape index (κ1) is 14.3. The van der Waals surface area contributed by atoms with Gasteiger partial charge in [0.25, 0.3) is 0 Å². The molecule has 6 heteroatoms. The fraction of sp³-hybridized carbons (Fsp3) is 0.0667. The predicted molar refractivity (Wildman–Crippen MR) is 73.7 cm³/mol. The van der Waals surface area contributed by atoms with Crippen LogP contribution >= 0.6 is 0 Å². The molecule has 0 radical (unpaired) electrons. The van der Waals surface area contributed by atoms with Crippen molar-refractivity contribution in [3.63, 3.8) is 0 Å². The average Bonchev–Trinajstić information content (AvgIpc) is 2.42. The van der Waals surface area contributed by atoms with Crippen molar-refractivity contribution in [2.75, 3.05) is 5.73 Å². The summed E-state index contributed by atoms with van der Waals surface area (Å²) in [5.74, 6) is -1.50. The first-order chi connectivity index (χ1) is 9.92.